The van der Waals surface area contributed by atoms with Gasteiger partial charge in [0.15, 0.2) is 0 Å². The SMILES string of the molecule is O=C(N[C@H]1Cc2ccc(-c3ccccc3)cc2[C@H]2CCC[C@@H](C(=O)O)N2C1=O)[C@@H](S)Cc1ccc(F)cc1. The summed E-state index contributed by atoms with van der Waals surface area (Å²) >= 11 is 4.45. The minimum atomic E-state index is -1.04. The number of carboxylic acids is 1. The minimum Gasteiger partial charge on any atom is -0.480 e. The number of benzene rings is 3. The van der Waals surface area contributed by atoms with Crippen molar-refractivity contribution in [1.29, 1.82) is 0 Å². The first-order valence-corrected chi connectivity index (χ1v) is 13.3. The third-order valence-electron chi connectivity index (χ3n) is 7.46. The molecule has 3 aromatic rings. The van der Waals surface area contributed by atoms with Gasteiger partial charge in [-0.1, -0.05) is 54.6 Å². The topological polar surface area (TPSA) is 86.7 Å². The second kappa shape index (κ2) is 11.0. The van der Waals surface area contributed by atoms with Crippen molar-refractivity contribution in [1.82, 2.24) is 10.2 Å². The highest BCUT2D eigenvalue weighted by Crippen LogP contribution is 2.41. The molecule has 0 spiro atoms. The van der Waals surface area contributed by atoms with Gasteiger partial charge in [-0.3, -0.25) is 9.59 Å². The van der Waals surface area contributed by atoms with Crippen LogP contribution in [-0.2, 0) is 27.2 Å². The second-order valence-corrected chi connectivity index (χ2v) is 10.6. The number of amides is 2. The second-order valence-electron chi connectivity index (χ2n) is 9.94. The summed E-state index contributed by atoms with van der Waals surface area (Å²) in [5.41, 5.74) is 4.61. The van der Waals surface area contributed by atoms with E-state index in [2.05, 4.69) is 24.0 Å². The highest BCUT2D eigenvalue weighted by atomic mass is 32.1. The molecule has 1 fully saturated rings. The molecule has 3 aromatic carbocycles. The van der Waals surface area contributed by atoms with Gasteiger partial charge in [0.25, 0.3) is 0 Å². The Hall–Kier alpha value is -3.65. The summed E-state index contributed by atoms with van der Waals surface area (Å²) < 4.78 is 13.3. The Balaban J connectivity index is 1.46. The van der Waals surface area contributed by atoms with Crippen molar-refractivity contribution in [3.05, 3.63) is 95.3 Å². The number of hydrogen-bond acceptors (Lipinski definition) is 4. The summed E-state index contributed by atoms with van der Waals surface area (Å²) in [6, 6.07) is 19.5. The van der Waals surface area contributed by atoms with Gasteiger partial charge in [-0.05, 0) is 71.7 Å². The van der Waals surface area contributed by atoms with E-state index in [4.69, 9.17) is 0 Å². The Morgan fingerprint density at radius 2 is 1.76 bits per heavy atom. The van der Waals surface area contributed by atoms with E-state index in [0.29, 0.717) is 19.3 Å². The number of fused-ring (bicyclic) bond motifs is 3. The molecular weight excluding hydrogens is 503 g/mol. The number of nitrogens with zero attached hydrogens (tertiary/aromatic N) is 1. The van der Waals surface area contributed by atoms with Gasteiger partial charge >= 0.3 is 5.97 Å². The van der Waals surface area contributed by atoms with Crippen molar-refractivity contribution in [3.63, 3.8) is 0 Å². The zero-order chi connectivity index (χ0) is 26.8. The molecule has 0 saturated carbocycles. The van der Waals surface area contributed by atoms with E-state index in [1.807, 2.05) is 42.5 Å². The van der Waals surface area contributed by atoms with E-state index in [9.17, 15) is 23.9 Å². The number of aliphatic carboxylic acids is 1. The van der Waals surface area contributed by atoms with E-state index < -0.39 is 35.1 Å². The van der Waals surface area contributed by atoms with E-state index in [1.165, 1.54) is 17.0 Å². The standard InChI is InChI=1S/C30H29FN2O4S/c31-22-13-9-18(10-14-22)15-27(38)28(34)32-24-17-21-12-11-20(19-5-2-1-3-6-19)16-23(21)25-7-4-8-26(30(36)37)33(25)29(24)35/h1-3,5-6,9-14,16,24-27,38H,4,7-8,15,17H2,(H,32,34)(H,36,37)/t24-,25+,26-,27-/m0/s1. The maximum Gasteiger partial charge on any atom is 0.326 e. The lowest BCUT2D eigenvalue weighted by atomic mass is 9.87. The molecule has 0 bridgehead atoms. The molecule has 0 unspecified atom stereocenters. The van der Waals surface area contributed by atoms with Crippen molar-refractivity contribution in [3.8, 4) is 11.1 Å². The number of hydrogen-bond donors (Lipinski definition) is 3. The fourth-order valence-corrected chi connectivity index (χ4v) is 5.85. The first-order valence-electron chi connectivity index (χ1n) is 12.8. The van der Waals surface area contributed by atoms with Gasteiger partial charge in [0.2, 0.25) is 11.8 Å². The van der Waals surface area contributed by atoms with E-state index >= 15 is 0 Å². The minimum absolute atomic E-state index is 0.255. The smallest absolute Gasteiger partial charge is 0.326 e. The highest BCUT2D eigenvalue weighted by Gasteiger charge is 2.44. The Kier molecular flexibility index (Phi) is 7.51. The third-order valence-corrected chi connectivity index (χ3v) is 7.88. The Morgan fingerprint density at radius 1 is 1.03 bits per heavy atom. The summed E-state index contributed by atoms with van der Waals surface area (Å²) in [6.07, 6.45) is 2.23. The molecule has 196 valence electrons. The van der Waals surface area contributed by atoms with Gasteiger partial charge in [0.1, 0.15) is 17.9 Å². The van der Waals surface area contributed by atoms with Crippen LogP contribution in [0.15, 0.2) is 72.8 Å². The molecule has 5 rings (SSSR count). The molecule has 0 radical (unpaired) electrons. The fourth-order valence-electron chi connectivity index (χ4n) is 5.56. The van der Waals surface area contributed by atoms with Gasteiger partial charge in [-0.2, -0.15) is 12.6 Å². The number of carbonyl (C=O) groups excluding carboxylic acids is 2. The largest absolute Gasteiger partial charge is 0.480 e. The summed E-state index contributed by atoms with van der Waals surface area (Å²) in [4.78, 5) is 40.7. The van der Waals surface area contributed by atoms with Crippen LogP contribution in [0, 0.1) is 5.82 Å². The van der Waals surface area contributed by atoms with Crippen molar-refractivity contribution in [2.24, 2.45) is 0 Å². The van der Waals surface area contributed by atoms with Gasteiger partial charge in [-0.15, -0.1) is 0 Å². The lowest BCUT2D eigenvalue weighted by Gasteiger charge is -2.40. The van der Waals surface area contributed by atoms with Crippen molar-refractivity contribution >= 4 is 30.4 Å². The lowest BCUT2D eigenvalue weighted by molar-refractivity contribution is -0.156. The number of piperidine rings is 1. The number of nitrogens with one attached hydrogen (secondary N) is 1. The van der Waals surface area contributed by atoms with Crippen LogP contribution in [0.1, 0.15) is 42.0 Å². The first-order chi connectivity index (χ1) is 18.3. The predicted octanol–water partition coefficient (Wildman–Crippen LogP) is 4.58. The molecule has 38 heavy (non-hydrogen) atoms. The molecule has 2 heterocycles. The highest BCUT2D eigenvalue weighted by molar-refractivity contribution is 7.81. The van der Waals surface area contributed by atoms with Crippen LogP contribution in [0.4, 0.5) is 4.39 Å². The zero-order valence-corrected chi connectivity index (χ0v) is 21.6. The van der Waals surface area contributed by atoms with Crippen LogP contribution >= 0.6 is 12.6 Å². The lowest BCUT2D eigenvalue weighted by Crippen LogP contribution is -2.56. The van der Waals surface area contributed by atoms with Crippen LogP contribution in [0.25, 0.3) is 11.1 Å². The Morgan fingerprint density at radius 3 is 2.47 bits per heavy atom. The normalized spacial score (nSPS) is 21.6. The molecule has 2 N–H and O–H groups in total. The number of thiol groups is 1. The maximum atomic E-state index is 13.9. The fraction of sp³-hybridized carbons (Fsp3) is 0.300. The summed E-state index contributed by atoms with van der Waals surface area (Å²) in [6.45, 7) is 0. The monoisotopic (exact) mass is 532 g/mol. The van der Waals surface area contributed by atoms with Crippen LogP contribution in [-0.4, -0.2) is 45.1 Å². The van der Waals surface area contributed by atoms with E-state index in [0.717, 1.165) is 27.8 Å². The van der Waals surface area contributed by atoms with Gasteiger partial charge in [0, 0.05) is 6.42 Å². The van der Waals surface area contributed by atoms with E-state index in [-0.39, 0.29) is 24.7 Å². The summed E-state index contributed by atoms with van der Waals surface area (Å²) in [5, 5.41) is 12.1. The number of rotatable bonds is 6. The molecule has 2 aliphatic heterocycles. The molecular formula is C30H29FN2O4S. The van der Waals surface area contributed by atoms with Crippen molar-refractivity contribution < 1.29 is 23.9 Å². The molecule has 2 aliphatic rings. The Labute approximate surface area is 226 Å². The number of carbonyl (C=O) groups is 3. The summed E-state index contributed by atoms with van der Waals surface area (Å²) in [7, 11) is 0. The molecule has 2 amide bonds. The van der Waals surface area contributed by atoms with Crippen LogP contribution in [0.2, 0.25) is 0 Å². The molecule has 0 aromatic heterocycles. The predicted molar refractivity (Wildman–Crippen MR) is 145 cm³/mol. The van der Waals surface area contributed by atoms with E-state index in [1.54, 1.807) is 12.1 Å². The molecule has 4 atom stereocenters. The van der Waals surface area contributed by atoms with Gasteiger partial charge in [0.05, 0.1) is 11.3 Å². The number of halogens is 1. The molecule has 6 nitrogen and oxygen atoms in total. The van der Waals surface area contributed by atoms with Crippen molar-refractivity contribution in [2.75, 3.05) is 0 Å². The van der Waals surface area contributed by atoms with Crippen LogP contribution < -0.4 is 5.32 Å². The molecule has 0 aliphatic carbocycles. The van der Waals surface area contributed by atoms with Gasteiger partial charge < -0.3 is 15.3 Å². The molecule has 1 saturated heterocycles. The van der Waals surface area contributed by atoms with Crippen molar-refractivity contribution in [2.45, 2.75) is 55.5 Å². The maximum absolute atomic E-state index is 13.9. The average Bonchev–Trinajstić information content (AvgIpc) is 3.04. The quantitative estimate of drug-likeness (QED) is 0.406. The number of carboxylic acid groups (broad SMARTS) is 1. The first kappa shape index (κ1) is 26.0. The van der Waals surface area contributed by atoms with Crippen LogP contribution in [0.5, 0.6) is 0 Å². The summed E-state index contributed by atoms with van der Waals surface area (Å²) in [5.74, 6) is -2.23. The zero-order valence-electron chi connectivity index (χ0n) is 20.7. The van der Waals surface area contributed by atoms with Gasteiger partial charge in [-0.25, -0.2) is 9.18 Å². The van der Waals surface area contributed by atoms with Crippen LogP contribution in [0.3, 0.4) is 0 Å². The Bertz CT molecular complexity index is 1350. The third kappa shape index (κ3) is 5.31. The average molecular weight is 533 g/mol. The molecule has 8 heteroatoms.